The quantitative estimate of drug-likeness (QED) is 0.553. The summed E-state index contributed by atoms with van der Waals surface area (Å²) in [4.78, 5) is 29.6. The second-order valence-electron chi connectivity index (χ2n) is 4.21. The second kappa shape index (κ2) is 6.51. The minimum absolute atomic E-state index is 0.123. The number of rotatable bonds is 6. The van der Waals surface area contributed by atoms with Crippen LogP contribution in [0.3, 0.4) is 0 Å². The van der Waals surface area contributed by atoms with Gasteiger partial charge in [0.1, 0.15) is 11.5 Å². The number of aromatic amines is 1. The smallest absolute Gasteiger partial charge is 0.293 e. The predicted molar refractivity (Wildman–Crippen MR) is 77.0 cm³/mol. The number of carbonyl (C=O) groups is 1. The Morgan fingerprint density at radius 2 is 2.29 bits per heavy atom. The molecule has 0 saturated carbocycles. The standard InChI is InChI=1S/C13H15N5O3/c1-2-14-12-9(4-3-5-10(12)18(20)21)13(19)17-8-11-15-6-7-16-11/h3-7,14H,2,8H2,1H3,(H,15,16)(H,17,19). The van der Waals surface area contributed by atoms with Crippen LogP contribution in [0.2, 0.25) is 0 Å². The van der Waals surface area contributed by atoms with Crippen LogP contribution in [0, 0.1) is 10.1 Å². The van der Waals surface area contributed by atoms with Crippen molar-refractivity contribution in [1.29, 1.82) is 0 Å². The van der Waals surface area contributed by atoms with Crippen LogP contribution in [0.25, 0.3) is 0 Å². The molecule has 1 heterocycles. The zero-order valence-corrected chi connectivity index (χ0v) is 11.4. The van der Waals surface area contributed by atoms with E-state index in [4.69, 9.17) is 0 Å². The summed E-state index contributed by atoms with van der Waals surface area (Å²) < 4.78 is 0. The average Bonchev–Trinajstić information content (AvgIpc) is 2.98. The fourth-order valence-corrected chi connectivity index (χ4v) is 1.90. The summed E-state index contributed by atoms with van der Waals surface area (Å²) in [5.41, 5.74) is 0.335. The lowest BCUT2D eigenvalue weighted by molar-refractivity contribution is -0.384. The molecule has 1 amide bonds. The molecule has 110 valence electrons. The molecule has 2 rings (SSSR count). The highest BCUT2D eigenvalue weighted by molar-refractivity contribution is 6.01. The highest BCUT2D eigenvalue weighted by Crippen LogP contribution is 2.28. The molecule has 0 atom stereocenters. The van der Waals surface area contributed by atoms with Crippen molar-refractivity contribution in [3.8, 4) is 0 Å². The number of hydrogen-bond acceptors (Lipinski definition) is 5. The number of nitrogens with one attached hydrogen (secondary N) is 3. The molecule has 3 N–H and O–H groups in total. The molecule has 0 aliphatic heterocycles. The number of imidazole rings is 1. The molecule has 2 aromatic rings. The summed E-state index contributed by atoms with van der Waals surface area (Å²) >= 11 is 0. The number of aromatic nitrogens is 2. The van der Waals surface area contributed by atoms with Gasteiger partial charge >= 0.3 is 0 Å². The number of carbonyl (C=O) groups excluding carboxylic acids is 1. The van der Waals surface area contributed by atoms with Crippen molar-refractivity contribution in [2.24, 2.45) is 0 Å². The molecule has 0 spiro atoms. The van der Waals surface area contributed by atoms with E-state index in [1.54, 1.807) is 25.4 Å². The van der Waals surface area contributed by atoms with E-state index in [0.717, 1.165) is 0 Å². The molecule has 0 aliphatic rings. The van der Waals surface area contributed by atoms with Gasteiger partial charge in [-0.15, -0.1) is 0 Å². The van der Waals surface area contributed by atoms with E-state index in [0.29, 0.717) is 12.4 Å². The molecule has 0 fully saturated rings. The van der Waals surface area contributed by atoms with Crippen LogP contribution in [0.15, 0.2) is 30.6 Å². The third kappa shape index (κ3) is 3.35. The van der Waals surface area contributed by atoms with Crippen LogP contribution in [-0.2, 0) is 6.54 Å². The van der Waals surface area contributed by atoms with Gasteiger partial charge in [0, 0.05) is 25.0 Å². The number of benzene rings is 1. The third-order valence-corrected chi connectivity index (χ3v) is 2.81. The molecule has 8 heteroatoms. The van der Waals surface area contributed by atoms with E-state index in [-0.39, 0.29) is 23.5 Å². The Hall–Kier alpha value is -2.90. The van der Waals surface area contributed by atoms with Gasteiger partial charge in [-0.25, -0.2) is 4.98 Å². The highest BCUT2D eigenvalue weighted by atomic mass is 16.6. The lowest BCUT2D eigenvalue weighted by Gasteiger charge is -2.11. The Morgan fingerprint density at radius 3 is 2.90 bits per heavy atom. The Kier molecular flexibility index (Phi) is 4.50. The molecule has 8 nitrogen and oxygen atoms in total. The van der Waals surface area contributed by atoms with Gasteiger partial charge in [0.05, 0.1) is 17.0 Å². The molecule has 1 aromatic carbocycles. The van der Waals surface area contributed by atoms with E-state index >= 15 is 0 Å². The first-order valence-electron chi connectivity index (χ1n) is 6.41. The van der Waals surface area contributed by atoms with Gasteiger partial charge in [-0.05, 0) is 13.0 Å². The summed E-state index contributed by atoms with van der Waals surface area (Å²) in [7, 11) is 0. The van der Waals surface area contributed by atoms with Gasteiger partial charge in [-0.1, -0.05) is 6.07 Å². The van der Waals surface area contributed by atoms with Crippen molar-refractivity contribution in [2.75, 3.05) is 11.9 Å². The number of nitrogens with zero attached hydrogens (tertiary/aromatic N) is 2. The maximum atomic E-state index is 12.2. The maximum absolute atomic E-state index is 12.2. The Morgan fingerprint density at radius 1 is 1.48 bits per heavy atom. The monoisotopic (exact) mass is 289 g/mol. The minimum Gasteiger partial charge on any atom is -0.379 e. The first-order chi connectivity index (χ1) is 10.1. The van der Waals surface area contributed by atoms with Gasteiger partial charge in [-0.2, -0.15) is 0 Å². The largest absolute Gasteiger partial charge is 0.379 e. The second-order valence-corrected chi connectivity index (χ2v) is 4.21. The van der Waals surface area contributed by atoms with Crippen LogP contribution in [0.1, 0.15) is 23.1 Å². The van der Waals surface area contributed by atoms with Crippen molar-refractivity contribution in [2.45, 2.75) is 13.5 Å². The van der Waals surface area contributed by atoms with Crippen molar-refractivity contribution >= 4 is 17.3 Å². The fraction of sp³-hybridized carbons (Fsp3) is 0.231. The maximum Gasteiger partial charge on any atom is 0.293 e. The van der Waals surface area contributed by atoms with Gasteiger partial charge < -0.3 is 15.6 Å². The van der Waals surface area contributed by atoms with Crippen LogP contribution >= 0.6 is 0 Å². The zero-order valence-electron chi connectivity index (χ0n) is 11.4. The molecule has 21 heavy (non-hydrogen) atoms. The molecule has 0 aliphatic carbocycles. The summed E-state index contributed by atoms with van der Waals surface area (Å²) in [6.07, 6.45) is 3.23. The normalized spacial score (nSPS) is 10.1. The zero-order chi connectivity index (χ0) is 15.2. The van der Waals surface area contributed by atoms with Gasteiger partial charge in [0.15, 0.2) is 0 Å². The number of hydrogen-bond donors (Lipinski definition) is 3. The Bertz CT molecular complexity index is 639. The Balaban J connectivity index is 2.23. The number of amides is 1. The number of para-hydroxylation sites is 1. The molecule has 0 radical (unpaired) electrons. The molecule has 0 bridgehead atoms. The minimum atomic E-state index is -0.513. The molecular weight excluding hydrogens is 274 g/mol. The van der Waals surface area contributed by atoms with E-state index in [9.17, 15) is 14.9 Å². The van der Waals surface area contributed by atoms with Gasteiger partial charge in [-0.3, -0.25) is 14.9 Å². The SMILES string of the molecule is CCNc1c(C(=O)NCc2ncc[nH]2)cccc1[N+](=O)[O-]. The van der Waals surface area contributed by atoms with Crippen LogP contribution in [0.4, 0.5) is 11.4 Å². The topological polar surface area (TPSA) is 113 Å². The summed E-state index contributed by atoms with van der Waals surface area (Å²) in [6.45, 7) is 2.50. The summed E-state index contributed by atoms with van der Waals surface area (Å²) in [6, 6.07) is 4.39. The number of anilines is 1. The van der Waals surface area contributed by atoms with Crippen molar-refractivity contribution in [1.82, 2.24) is 15.3 Å². The predicted octanol–water partition coefficient (Wildman–Crippen LogP) is 1.68. The van der Waals surface area contributed by atoms with Gasteiger partial charge in [0.2, 0.25) is 0 Å². The van der Waals surface area contributed by atoms with Crippen molar-refractivity contribution in [3.05, 3.63) is 52.1 Å². The number of nitro benzene ring substituents is 1. The molecule has 0 saturated heterocycles. The first-order valence-corrected chi connectivity index (χ1v) is 6.41. The molecular formula is C13H15N5O3. The fourth-order valence-electron chi connectivity index (χ4n) is 1.90. The lowest BCUT2D eigenvalue weighted by atomic mass is 10.1. The van der Waals surface area contributed by atoms with Crippen LogP contribution in [0.5, 0.6) is 0 Å². The molecule has 1 aromatic heterocycles. The Labute approximate surface area is 120 Å². The summed E-state index contributed by atoms with van der Waals surface area (Å²) in [5, 5.41) is 16.6. The van der Waals surface area contributed by atoms with Gasteiger partial charge in [0.25, 0.3) is 11.6 Å². The van der Waals surface area contributed by atoms with E-state index in [1.165, 1.54) is 12.1 Å². The number of H-pyrrole nitrogens is 1. The van der Waals surface area contributed by atoms with E-state index in [2.05, 4.69) is 20.6 Å². The van der Waals surface area contributed by atoms with Crippen molar-refractivity contribution in [3.63, 3.8) is 0 Å². The third-order valence-electron chi connectivity index (χ3n) is 2.81. The van der Waals surface area contributed by atoms with Crippen LogP contribution < -0.4 is 10.6 Å². The first kappa shape index (κ1) is 14.5. The summed E-state index contributed by atoms with van der Waals surface area (Å²) in [5.74, 6) is 0.213. The molecule has 0 unspecified atom stereocenters. The highest BCUT2D eigenvalue weighted by Gasteiger charge is 2.20. The average molecular weight is 289 g/mol. The number of nitro groups is 1. The van der Waals surface area contributed by atoms with E-state index < -0.39 is 10.8 Å². The van der Waals surface area contributed by atoms with Crippen LogP contribution in [-0.4, -0.2) is 27.3 Å². The van der Waals surface area contributed by atoms with E-state index in [1.807, 2.05) is 0 Å². The van der Waals surface area contributed by atoms with Crippen molar-refractivity contribution < 1.29 is 9.72 Å². The lowest BCUT2D eigenvalue weighted by Crippen LogP contribution is -2.24.